The molecule has 0 radical (unpaired) electrons. The molecule has 0 saturated carbocycles. The van der Waals surface area contributed by atoms with Crippen molar-refractivity contribution in [2.75, 3.05) is 7.11 Å². The number of esters is 1. The van der Waals surface area contributed by atoms with Gasteiger partial charge in [-0.15, -0.1) is 0 Å². The van der Waals surface area contributed by atoms with Crippen LogP contribution in [0.15, 0.2) is 12.1 Å². The monoisotopic (exact) mass is 219 g/mol. The highest BCUT2D eigenvalue weighted by molar-refractivity contribution is 5.94. The fourth-order valence-corrected chi connectivity index (χ4v) is 1.53. The Labute approximate surface area is 94.1 Å². The molecule has 4 nitrogen and oxygen atoms in total. The predicted octanol–water partition coefficient (Wildman–Crippen LogP) is 1.40. The number of carbonyl (C=O) groups is 1. The highest BCUT2D eigenvalue weighted by Gasteiger charge is 2.17. The van der Waals surface area contributed by atoms with Crippen molar-refractivity contribution in [3.63, 3.8) is 0 Å². The summed E-state index contributed by atoms with van der Waals surface area (Å²) < 4.78 is 4.59. The van der Waals surface area contributed by atoms with Gasteiger partial charge in [-0.1, -0.05) is 13.0 Å². The SMILES string of the molecule is CCc1cc(C#N)c(C(=O)OC)c(CO)c1. The molecule has 0 aliphatic carbocycles. The third kappa shape index (κ3) is 2.20. The summed E-state index contributed by atoms with van der Waals surface area (Å²) in [6, 6.07) is 5.31. The average Bonchev–Trinajstić information content (AvgIpc) is 2.35. The fraction of sp³-hybridized carbons (Fsp3) is 0.333. The van der Waals surface area contributed by atoms with Crippen LogP contribution >= 0.6 is 0 Å². The van der Waals surface area contributed by atoms with Crippen LogP contribution in [-0.2, 0) is 17.8 Å². The number of aliphatic hydroxyl groups excluding tert-OH is 1. The van der Waals surface area contributed by atoms with Crippen molar-refractivity contribution in [3.05, 3.63) is 34.4 Å². The quantitative estimate of drug-likeness (QED) is 0.780. The van der Waals surface area contributed by atoms with E-state index in [0.29, 0.717) is 5.56 Å². The molecule has 0 spiro atoms. The maximum atomic E-state index is 11.5. The molecule has 0 saturated heterocycles. The molecular formula is C12H13NO3. The van der Waals surface area contributed by atoms with E-state index >= 15 is 0 Å². The van der Waals surface area contributed by atoms with E-state index < -0.39 is 5.97 Å². The molecule has 4 heteroatoms. The Bertz CT molecular complexity index is 446. The van der Waals surface area contributed by atoms with Gasteiger partial charge >= 0.3 is 5.97 Å². The molecule has 0 heterocycles. The second-order valence-electron chi connectivity index (χ2n) is 3.29. The van der Waals surface area contributed by atoms with E-state index in [1.165, 1.54) is 7.11 Å². The molecule has 84 valence electrons. The Morgan fingerprint density at radius 2 is 2.25 bits per heavy atom. The summed E-state index contributed by atoms with van der Waals surface area (Å²) >= 11 is 0. The lowest BCUT2D eigenvalue weighted by Gasteiger charge is -2.09. The largest absolute Gasteiger partial charge is 0.465 e. The van der Waals surface area contributed by atoms with Gasteiger partial charge in [-0.3, -0.25) is 0 Å². The lowest BCUT2D eigenvalue weighted by molar-refractivity contribution is 0.0597. The Balaban J connectivity index is 3.45. The molecule has 16 heavy (non-hydrogen) atoms. The van der Waals surface area contributed by atoms with Crippen LogP contribution in [0.2, 0.25) is 0 Å². The number of hydrogen-bond donors (Lipinski definition) is 1. The van der Waals surface area contributed by atoms with Crippen LogP contribution < -0.4 is 0 Å². The number of nitriles is 1. The topological polar surface area (TPSA) is 70.3 Å². The van der Waals surface area contributed by atoms with Gasteiger partial charge in [0.05, 0.1) is 24.8 Å². The first kappa shape index (κ1) is 12.2. The number of aliphatic hydroxyl groups is 1. The molecule has 1 aromatic rings. The Morgan fingerprint density at radius 3 is 2.69 bits per heavy atom. The van der Waals surface area contributed by atoms with Crippen LogP contribution in [-0.4, -0.2) is 18.2 Å². The Morgan fingerprint density at radius 1 is 1.56 bits per heavy atom. The second-order valence-corrected chi connectivity index (χ2v) is 3.29. The van der Waals surface area contributed by atoms with Gasteiger partial charge in [0.1, 0.15) is 6.07 Å². The maximum Gasteiger partial charge on any atom is 0.339 e. The van der Waals surface area contributed by atoms with Crippen LogP contribution in [0.5, 0.6) is 0 Å². The summed E-state index contributed by atoms with van der Waals surface area (Å²) in [6.45, 7) is 1.66. The maximum absolute atomic E-state index is 11.5. The first-order chi connectivity index (χ1) is 7.67. The van der Waals surface area contributed by atoms with Crippen molar-refractivity contribution in [1.82, 2.24) is 0 Å². The molecule has 0 aromatic heterocycles. The summed E-state index contributed by atoms with van der Waals surface area (Å²) in [7, 11) is 1.25. The first-order valence-electron chi connectivity index (χ1n) is 4.93. The average molecular weight is 219 g/mol. The van der Waals surface area contributed by atoms with E-state index in [1.54, 1.807) is 12.1 Å². The lowest BCUT2D eigenvalue weighted by Crippen LogP contribution is -2.09. The molecule has 0 aliphatic heterocycles. The Kier molecular flexibility index (Phi) is 4.03. The van der Waals surface area contributed by atoms with Crippen LogP contribution in [0, 0.1) is 11.3 Å². The molecule has 0 aliphatic rings. The minimum Gasteiger partial charge on any atom is -0.465 e. The van der Waals surface area contributed by atoms with Crippen molar-refractivity contribution in [2.45, 2.75) is 20.0 Å². The van der Waals surface area contributed by atoms with Gasteiger partial charge in [0, 0.05) is 0 Å². The lowest BCUT2D eigenvalue weighted by atomic mass is 9.97. The van der Waals surface area contributed by atoms with E-state index in [4.69, 9.17) is 5.26 Å². The number of nitrogens with zero attached hydrogens (tertiary/aromatic N) is 1. The number of benzene rings is 1. The molecule has 1 aromatic carbocycles. The summed E-state index contributed by atoms with van der Waals surface area (Å²) in [5.74, 6) is -0.594. The summed E-state index contributed by atoms with van der Waals surface area (Å²) in [6.07, 6.45) is 0.739. The number of hydrogen-bond acceptors (Lipinski definition) is 4. The van der Waals surface area contributed by atoms with Crippen molar-refractivity contribution >= 4 is 5.97 Å². The summed E-state index contributed by atoms with van der Waals surface area (Å²) in [5, 5.41) is 18.1. The van der Waals surface area contributed by atoms with Gasteiger partial charge in [-0.2, -0.15) is 5.26 Å². The zero-order valence-corrected chi connectivity index (χ0v) is 9.28. The zero-order chi connectivity index (χ0) is 12.1. The third-order valence-corrected chi connectivity index (χ3v) is 2.37. The highest BCUT2D eigenvalue weighted by Crippen LogP contribution is 2.19. The van der Waals surface area contributed by atoms with Crippen LogP contribution in [0.1, 0.15) is 34.0 Å². The van der Waals surface area contributed by atoms with Crippen molar-refractivity contribution < 1.29 is 14.6 Å². The van der Waals surface area contributed by atoms with Crippen LogP contribution in [0.25, 0.3) is 0 Å². The molecule has 1 N–H and O–H groups in total. The number of aryl methyl sites for hydroxylation is 1. The van der Waals surface area contributed by atoms with E-state index in [0.717, 1.165) is 12.0 Å². The fourth-order valence-electron chi connectivity index (χ4n) is 1.53. The molecular weight excluding hydrogens is 206 g/mol. The minimum absolute atomic E-state index is 0.157. The highest BCUT2D eigenvalue weighted by atomic mass is 16.5. The first-order valence-corrected chi connectivity index (χ1v) is 4.93. The molecule has 0 atom stereocenters. The van der Waals surface area contributed by atoms with Gasteiger partial charge in [0.2, 0.25) is 0 Å². The van der Waals surface area contributed by atoms with Crippen LogP contribution in [0.3, 0.4) is 0 Å². The van der Waals surface area contributed by atoms with Gasteiger partial charge in [0.15, 0.2) is 0 Å². The molecule has 0 amide bonds. The van der Waals surface area contributed by atoms with Gasteiger partial charge in [-0.25, -0.2) is 4.79 Å². The standard InChI is InChI=1S/C12H13NO3/c1-3-8-4-9(6-13)11(12(15)16-2)10(5-8)7-14/h4-5,14H,3,7H2,1-2H3. The molecule has 0 unspecified atom stereocenters. The van der Waals surface area contributed by atoms with Gasteiger partial charge in [0.25, 0.3) is 0 Å². The van der Waals surface area contributed by atoms with E-state index in [-0.39, 0.29) is 17.7 Å². The minimum atomic E-state index is -0.594. The number of rotatable bonds is 3. The molecule has 0 bridgehead atoms. The van der Waals surface area contributed by atoms with E-state index in [2.05, 4.69) is 4.74 Å². The Hall–Kier alpha value is -1.86. The summed E-state index contributed by atoms with van der Waals surface area (Å²) in [4.78, 5) is 11.5. The second kappa shape index (κ2) is 5.29. The third-order valence-electron chi connectivity index (χ3n) is 2.37. The molecule has 1 rings (SSSR count). The predicted molar refractivity (Wildman–Crippen MR) is 57.8 cm³/mol. The van der Waals surface area contributed by atoms with Crippen molar-refractivity contribution in [3.8, 4) is 6.07 Å². The normalized spacial score (nSPS) is 9.62. The van der Waals surface area contributed by atoms with Crippen LogP contribution in [0.4, 0.5) is 0 Å². The zero-order valence-electron chi connectivity index (χ0n) is 9.28. The number of methoxy groups -OCH3 is 1. The number of ether oxygens (including phenoxy) is 1. The van der Waals surface area contributed by atoms with Gasteiger partial charge in [-0.05, 0) is 23.6 Å². The molecule has 0 fully saturated rings. The van der Waals surface area contributed by atoms with E-state index in [1.807, 2.05) is 13.0 Å². The summed E-state index contributed by atoms with van der Waals surface area (Å²) in [5.41, 5.74) is 1.75. The van der Waals surface area contributed by atoms with Crippen molar-refractivity contribution in [1.29, 1.82) is 5.26 Å². The van der Waals surface area contributed by atoms with Crippen molar-refractivity contribution in [2.24, 2.45) is 0 Å². The van der Waals surface area contributed by atoms with E-state index in [9.17, 15) is 9.90 Å². The number of carbonyl (C=O) groups excluding carboxylic acids is 1. The smallest absolute Gasteiger partial charge is 0.339 e. The van der Waals surface area contributed by atoms with Gasteiger partial charge < -0.3 is 9.84 Å².